The molecule has 0 radical (unpaired) electrons. The lowest BCUT2D eigenvalue weighted by Gasteiger charge is -2.30. The second kappa shape index (κ2) is 4.92. The first-order chi connectivity index (χ1) is 9.63. The molecular weight excluding hydrogens is 254 g/mol. The first kappa shape index (κ1) is 12.6. The van der Waals surface area contributed by atoms with Gasteiger partial charge in [0, 0.05) is 19.3 Å². The molecule has 0 saturated heterocycles. The van der Waals surface area contributed by atoms with E-state index < -0.39 is 5.97 Å². The van der Waals surface area contributed by atoms with Crippen LogP contribution in [0.25, 0.3) is 0 Å². The van der Waals surface area contributed by atoms with Crippen molar-refractivity contribution in [2.24, 2.45) is 0 Å². The molecule has 1 aliphatic rings. The van der Waals surface area contributed by atoms with Crippen LogP contribution in [-0.2, 0) is 13.0 Å². The van der Waals surface area contributed by atoms with Crippen LogP contribution in [0, 0.1) is 6.92 Å². The summed E-state index contributed by atoms with van der Waals surface area (Å²) >= 11 is 0. The van der Waals surface area contributed by atoms with Crippen molar-refractivity contribution in [1.82, 2.24) is 9.97 Å². The Bertz CT molecular complexity index is 670. The van der Waals surface area contributed by atoms with Gasteiger partial charge in [-0.05, 0) is 42.7 Å². The fraction of sp³-hybridized carbons (Fsp3) is 0.267. The third-order valence-electron chi connectivity index (χ3n) is 3.55. The molecule has 1 aromatic carbocycles. The third kappa shape index (κ3) is 2.34. The van der Waals surface area contributed by atoms with Gasteiger partial charge in [0.2, 0.25) is 0 Å². The van der Waals surface area contributed by atoms with E-state index >= 15 is 0 Å². The van der Waals surface area contributed by atoms with Crippen LogP contribution in [0.5, 0.6) is 0 Å². The Morgan fingerprint density at radius 1 is 1.30 bits per heavy atom. The summed E-state index contributed by atoms with van der Waals surface area (Å²) in [4.78, 5) is 21.7. The van der Waals surface area contributed by atoms with Gasteiger partial charge in [0.1, 0.15) is 11.6 Å². The van der Waals surface area contributed by atoms with E-state index in [1.807, 2.05) is 19.1 Å². The Hall–Kier alpha value is -2.43. The molecule has 0 saturated carbocycles. The predicted octanol–water partition coefficient (Wildman–Crippen LogP) is 2.05. The molecule has 1 aliphatic heterocycles. The van der Waals surface area contributed by atoms with Crippen molar-refractivity contribution in [2.75, 3.05) is 11.4 Å². The second-order valence-electron chi connectivity index (χ2n) is 4.92. The van der Waals surface area contributed by atoms with Crippen LogP contribution < -0.4 is 4.90 Å². The maximum atomic E-state index is 11.0. The molecule has 3 rings (SSSR count). The van der Waals surface area contributed by atoms with Crippen LogP contribution >= 0.6 is 0 Å². The molecule has 0 atom stereocenters. The summed E-state index contributed by atoms with van der Waals surface area (Å²) in [6.45, 7) is 3.44. The monoisotopic (exact) mass is 269 g/mol. The third-order valence-corrected chi connectivity index (χ3v) is 3.55. The van der Waals surface area contributed by atoms with Gasteiger partial charge in [-0.25, -0.2) is 14.8 Å². The maximum Gasteiger partial charge on any atom is 0.335 e. The fourth-order valence-corrected chi connectivity index (χ4v) is 2.51. The number of anilines is 1. The number of nitrogens with zero attached hydrogens (tertiary/aromatic N) is 3. The van der Waals surface area contributed by atoms with Gasteiger partial charge in [-0.3, -0.25) is 0 Å². The molecule has 2 aromatic rings. The van der Waals surface area contributed by atoms with E-state index in [1.165, 1.54) is 5.56 Å². The molecule has 20 heavy (non-hydrogen) atoms. The van der Waals surface area contributed by atoms with Gasteiger partial charge >= 0.3 is 5.97 Å². The van der Waals surface area contributed by atoms with Crippen molar-refractivity contribution in [2.45, 2.75) is 19.9 Å². The number of carbonyl (C=O) groups is 1. The Morgan fingerprint density at radius 3 is 2.90 bits per heavy atom. The van der Waals surface area contributed by atoms with Crippen LogP contribution in [0.1, 0.15) is 27.3 Å². The average molecular weight is 269 g/mol. The van der Waals surface area contributed by atoms with Gasteiger partial charge in [-0.15, -0.1) is 0 Å². The topological polar surface area (TPSA) is 66.3 Å². The van der Waals surface area contributed by atoms with E-state index in [4.69, 9.17) is 5.11 Å². The second-order valence-corrected chi connectivity index (χ2v) is 4.92. The Kier molecular flexibility index (Phi) is 3.10. The molecule has 0 aliphatic carbocycles. The fourth-order valence-electron chi connectivity index (χ4n) is 2.51. The summed E-state index contributed by atoms with van der Waals surface area (Å²) in [5.41, 5.74) is 2.62. The van der Waals surface area contributed by atoms with Crippen molar-refractivity contribution in [3.05, 3.63) is 53.0 Å². The average Bonchev–Trinajstić information content (AvgIpc) is 2.46. The maximum absolute atomic E-state index is 11.0. The highest BCUT2D eigenvalue weighted by Gasteiger charge is 2.19. The van der Waals surface area contributed by atoms with Crippen molar-refractivity contribution >= 4 is 11.8 Å². The van der Waals surface area contributed by atoms with Gasteiger partial charge in [0.25, 0.3) is 0 Å². The van der Waals surface area contributed by atoms with Crippen LogP contribution in [0.3, 0.4) is 0 Å². The number of benzene rings is 1. The van der Waals surface area contributed by atoms with Crippen LogP contribution in [0.4, 0.5) is 5.82 Å². The smallest absolute Gasteiger partial charge is 0.335 e. The van der Waals surface area contributed by atoms with Gasteiger partial charge in [-0.1, -0.05) is 6.07 Å². The minimum absolute atomic E-state index is 0.337. The quantitative estimate of drug-likeness (QED) is 0.903. The molecule has 0 bridgehead atoms. The highest BCUT2D eigenvalue weighted by molar-refractivity contribution is 5.88. The molecule has 1 N–H and O–H groups in total. The number of aromatic carboxylic acids is 1. The molecule has 0 fully saturated rings. The van der Waals surface area contributed by atoms with Gasteiger partial charge in [0.15, 0.2) is 0 Å². The van der Waals surface area contributed by atoms with Crippen LogP contribution in [0.15, 0.2) is 30.5 Å². The highest BCUT2D eigenvalue weighted by atomic mass is 16.4. The van der Waals surface area contributed by atoms with E-state index in [0.717, 1.165) is 30.2 Å². The summed E-state index contributed by atoms with van der Waals surface area (Å²) in [6.07, 6.45) is 2.65. The lowest BCUT2D eigenvalue weighted by atomic mass is 9.97. The van der Waals surface area contributed by atoms with E-state index in [1.54, 1.807) is 18.3 Å². The van der Waals surface area contributed by atoms with E-state index in [0.29, 0.717) is 12.1 Å². The van der Waals surface area contributed by atoms with Crippen molar-refractivity contribution in [3.8, 4) is 0 Å². The van der Waals surface area contributed by atoms with Gasteiger partial charge < -0.3 is 10.0 Å². The summed E-state index contributed by atoms with van der Waals surface area (Å²) in [5, 5.41) is 9.07. The Morgan fingerprint density at radius 2 is 2.15 bits per heavy atom. The number of fused-ring (bicyclic) bond motifs is 1. The zero-order valence-electron chi connectivity index (χ0n) is 11.2. The lowest BCUT2D eigenvalue weighted by molar-refractivity contribution is 0.0696. The molecule has 0 unspecified atom stereocenters. The first-order valence-corrected chi connectivity index (χ1v) is 6.53. The minimum atomic E-state index is -0.886. The number of aryl methyl sites for hydroxylation is 1. The first-order valence-electron chi connectivity index (χ1n) is 6.53. The largest absolute Gasteiger partial charge is 0.478 e. The minimum Gasteiger partial charge on any atom is -0.478 e. The number of carboxylic acid groups (broad SMARTS) is 1. The normalized spacial score (nSPS) is 13.9. The Labute approximate surface area is 116 Å². The summed E-state index contributed by atoms with van der Waals surface area (Å²) in [6, 6.07) is 7.24. The van der Waals surface area contributed by atoms with Crippen molar-refractivity contribution < 1.29 is 9.90 Å². The zero-order valence-corrected chi connectivity index (χ0v) is 11.2. The standard InChI is InChI=1S/C15H15N3O2/c1-10-16-6-4-14(17-10)18-7-5-11-2-3-12(15(19)20)8-13(11)9-18/h2-4,6,8H,5,7,9H2,1H3,(H,19,20). The molecular formula is C15H15N3O2. The number of hydrogen-bond donors (Lipinski definition) is 1. The van der Waals surface area contributed by atoms with Crippen LogP contribution in [0.2, 0.25) is 0 Å². The lowest BCUT2D eigenvalue weighted by Crippen LogP contribution is -2.31. The summed E-state index contributed by atoms with van der Waals surface area (Å²) < 4.78 is 0. The molecule has 2 heterocycles. The highest BCUT2D eigenvalue weighted by Crippen LogP contribution is 2.24. The summed E-state index contributed by atoms with van der Waals surface area (Å²) in [7, 11) is 0. The molecule has 0 amide bonds. The van der Waals surface area contributed by atoms with Crippen LogP contribution in [-0.4, -0.2) is 27.6 Å². The molecule has 0 spiro atoms. The van der Waals surface area contributed by atoms with Crippen molar-refractivity contribution in [3.63, 3.8) is 0 Å². The number of carboxylic acids is 1. The number of aromatic nitrogens is 2. The number of rotatable bonds is 2. The van der Waals surface area contributed by atoms with Crippen molar-refractivity contribution in [1.29, 1.82) is 0 Å². The zero-order chi connectivity index (χ0) is 14.1. The molecule has 5 nitrogen and oxygen atoms in total. The Balaban J connectivity index is 1.91. The molecule has 5 heteroatoms. The predicted molar refractivity (Wildman–Crippen MR) is 74.9 cm³/mol. The van der Waals surface area contributed by atoms with E-state index in [9.17, 15) is 4.79 Å². The SMILES string of the molecule is Cc1nccc(N2CCc3ccc(C(=O)O)cc3C2)n1. The molecule has 102 valence electrons. The van der Waals surface area contributed by atoms with Gasteiger partial charge in [0.05, 0.1) is 5.56 Å². The number of hydrogen-bond acceptors (Lipinski definition) is 4. The molecule has 1 aromatic heterocycles. The van der Waals surface area contributed by atoms with E-state index in [-0.39, 0.29) is 0 Å². The summed E-state index contributed by atoms with van der Waals surface area (Å²) in [5.74, 6) is 0.749. The van der Waals surface area contributed by atoms with E-state index in [2.05, 4.69) is 14.9 Å². The van der Waals surface area contributed by atoms with Gasteiger partial charge in [-0.2, -0.15) is 0 Å².